The van der Waals surface area contributed by atoms with Gasteiger partial charge in [0.05, 0.1) is 19.4 Å². The van der Waals surface area contributed by atoms with Gasteiger partial charge in [0.2, 0.25) is 5.91 Å². The van der Waals surface area contributed by atoms with E-state index in [-0.39, 0.29) is 18.4 Å². The third-order valence-corrected chi connectivity index (χ3v) is 5.45. The van der Waals surface area contributed by atoms with E-state index in [1.165, 1.54) is 0 Å². The standard InChI is InChI=1S/C25H31N3O3/c1-4-5-15-27(25(30)23-13-7-6-10-20(23)2)19-24(29)28(18-22-12-9-16-31-22)17-21-11-8-14-26(21)3/h6-14,16H,4-5,15,17-19H2,1-3H3. The third-order valence-electron chi connectivity index (χ3n) is 5.45. The van der Waals surface area contributed by atoms with Crippen molar-refractivity contribution in [3.63, 3.8) is 0 Å². The number of unbranched alkanes of at least 4 members (excludes halogenated alkanes) is 1. The Morgan fingerprint density at radius 3 is 2.45 bits per heavy atom. The highest BCUT2D eigenvalue weighted by atomic mass is 16.3. The second kappa shape index (κ2) is 10.7. The predicted octanol–water partition coefficient (Wildman–Crippen LogP) is 4.40. The minimum absolute atomic E-state index is 0.0400. The van der Waals surface area contributed by atoms with E-state index >= 15 is 0 Å². The van der Waals surface area contributed by atoms with Crippen LogP contribution in [0.2, 0.25) is 0 Å². The number of amides is 2. The van der Waals surface area contributed by atoms with Gasteiger partial charge in [-0.25, -0.2) is 0 Å². The van der Waals surface area contributed by atoms with E-state index in [9.17, 15) is 9.59 Å². The summed E-state index contributed by atoms with van der Waals surface area (Å²) in [5, 5.41) is 0. The van der Waals surface area contributed by atoms with Gasteiger partial charge < -0.3 is 18.8 Å². The van der Waals surface area contributed by atoms with Crippen molar-refractivity contribution in [1.82, 2.24) is 14.4 Å². The Kier molecular flexibility index (Phi) is 7.70. The van der Waals surface area contributed by atoms with Crippen LogP contribution in [0.3, 0.4) is 0 Å². The van der Waals surface area contributed by atoms with Crippen LogP contribution in [0.15, 0.2) is 65.4 Å². The van der Waals surface area contributed by atoms with Crippen molar-refractivity contribution in [3.05, 3.63) is 83.6 Å². The molecule has 0 N–H and O–H groups in total. The van der Waals surface area contributed by atoms with Gasteiger partial charge in [0.25, 0.3) is 5.91 Å². The topological polar surface area (TPSA) is 58.7 Å². The number of rotatable bonds is 10. The second-order valence-corrected chi connectivity index (χ2v) is 7.83. The zero-order valence-electron chi connectivity index (χ0n) is 18.6. The lowest BCUT2D eigenvalue weighted by Crippen LogP contribution is -2.43. The van der Waals surface area contributed by atoms with Gasteiger partial charge >= 0.3 is 0 Å². The molecule has 0 aliphatic rings. The molecule has 6 nitrogen and oxygen atoms in total. The number of carbonyl (C=O) groups is 2. The number of aromatic nitrogens is 1. The maximum absolute atomic E-state index is 13.4. The van der Waals surface area contributed by atoms with Gasteiger partial charge in [0.1, 0.15) is 12.3 Å². The highest BCUT2D eigenvalue weighted by molar-refractivity contribution is 5.97. The molecule has 3 rings (SSSR count). The Morgan fingerprint density at radius 1 is 1.00 bits per heavy atom. The first-order valence-corrected chi connectivity index (χ1v) is 10.7. The molecular weight excluding hydrogens is 390 g/mol. The van der Waals surface area contributed by atoms with Gasteiger partial charge in [0, 0.05) is 31.0 Å². The van der Waals surface area contributed by atoms with Gasteiger partial charge in [-0.3, -0.25) is 9.59 Å². The van der Waals surface area contributed by atoms with Crippen LogP contribution >= 0.6 is 0 Å². The Hall–Kier alpha value is -3.28. The molecule has 1 aromatic carbocycles. The number of aryl methyl sites for hydroxylation is 2. The molecule has 6 heteroatoms. The monoisotopic (exact) mass is 421 g/mol. The summed E-state index contributed by atoms with van der Waals surface area (Å²) in [6.45, 7) is 5.40. The second-order valence-electron chi connectivity index (χ2n) is 7.83. The molecule has 0 radical (unpaired) electrons. The number of carbonyl (C=O) groups excluding carboxylic acids is 2. The van der Waals surface area contributed by atoms with Crippen LogP contribution in [-0.2, 0) is 24.9 Å². The first-order valence-electron chi connectivity index (χ1n) is 10.7. The van der Waals surface area contributed by atoms with Crippen molar-refractivity contribution in [1.29, 1.82) is 0 Å². The van der Waals surface area contributed by atoms with Crippen LogP contribution in [0.1, 0.15) is 47.1 Å². The van der Waals surface area contributed by atoms with Crippen LogP contribution in [0.25, 0.3) is 0 Å². The molecule has 0 atom stereocenters. The Morgan fingerprint density at radius 2 is 1.81 bits per heavy atom. The lowest BCUT2D eigenvalue weighted by molar-refractivity contribution is -0.133. The highest BCUT2D eigenvalue weighted by Gasteiger charge is 2.24. The molecule has 2 amide bonds. The van der Waals surface area contributed by atoms with Gasteiger partial charge in [-0.05, 0) is 49.2 Å². The number of hydrogen-bond acceptors (Lipinski definition) is 3. The molecule has 31 heavy (non-hydrogen) atoms. The minimum atomic E-state index is -0.101. The van der Waals surface area contributed by atoms with Crippen LogP contribution in [0.4, 0.5) is 0 Å². The predicted molar refractivity (Wildman–Crippen MR) is 120 cm³/mol. The zero-order chi connectivity index (χ0) is 22.2. The minimum Gasteiger partial charge on any atom is -0.467 e. The summed E-state index contributed by atoms with van der Waals surface area (Å²) in [6.07, 6.45) is 5.36. The Balaban J connectivity index is 1.80. The lowest BCUT2D eigenvalue weighted by Gasteiger charge is -2.28. The molecule has 2 aromatic heterocycles. The molecule has 0 aliphatic heterocycles. The summed E-state index contributed by atoms with van der Waals surface area (Å²) >= 11 is 0. The summed E-state index contributed by atoms with van der Waals surface area (Å²) in [4.78, 5) is 30.1. The summed E-state index contributed by atoms with van der Waals surface area (Å²) < 4.78 is 7.48. The zero-order valence-corrected chi connectivity index (χ0v) is 18.6. The number of hydrogen-bond donors (Lipinski definition) is 0. The molecule has 164 valence electrons. The summed E-state index contributed by atoms with van der Waals surface area (Å²) in [5.74, 6) is 0.514. The normalized spacial score (nSPS) is 10.8. The molecule has 0 spiro atoms. The van der Waals surface area contributed by atoms with Crippen molar-refractivity contribution in [2.45, 2.75) is 39.8 Å². The number of benzene rings is 1. The van der Waals surface area contributed by atoms with Crippen molar-refractivity contribution < 1.29 is 14.0 Å². The van der Waals surface area contributed by atoms with Crippen LogP contribution in [-0.4, -0.2) is 39.3 Å². The van der Waals surface area contributed by atoms with Crippen LogP contribution in [0.5, 0.6) is 0 Å². The molecule has 2 heterocycles. The quantitative estimate of drug-likeness (QED) is 0.488. The Bertz CT molecular complexity index is 991. The Labute approximate surface area is 184 Å². The summed E-state index contributed by atoms with van der Waals surface area (Å²) in [6, 6.07) is 15.2. The SMILES string of the molecule is CCCCN(CC(=O)N(Cc1ccco1)Cc1cccn1C)C(=O)c1ccccc1C. The highest BCUT2D eigenvalue weighted by Crippen LogP contribution is 2.15. The van der Waals surface area contributed by atoms with Crippen LogP contribution in [0, 0.1) is 6.92 Å². The lowest BCUT2D eigenvalue weighted by atomic mass is 10.1. The van der Waals surface area contributed by atoms with E-state index in [0.717, 1.165) is 24.1 Å². The molecule has 3 aromatic rings. The van der Waals surface area contributed by atoms with Crippen molar-refractivity contribution >= 4 is 11.8 Å². The average molecular weight is 422 g/mol. The molecular formula is C25H31N3O3. The van der Waals surface area contributed by atoms with E-state index in [2.05, 4.69) is 6.92 Å². The van der Waals surface area contributed by atoms with E-state index in [1.807, 2.05) is 73.3 Å². The van der Waals surface area contributed by atoms with Crippen molar-refractivity contribution in [2.24, 2.45) is 7.05 Å². The molecule has 0 aliphatic carbocycles. The first-order chi connectivity index (χ1) is 15.0. The number of furan rings is 1. The van der Waals surface area contributed by atoms with E-state index < -0.39 is 0 Å². The van der Waals surface area contributed by atoms with Crippen LogP contribution < -0.4 is 0 Å². The van der Waals surface area contributed by atoms with Gasteiger partial charge in [-0.1, -0.05) is 31.5 Å². The fourth-order valence-corrected chi connectivity index (χ4v) is 3.53. The van der Waals surface area contributed by atoms with Crippen molar-refractivity contribution in [3.8, 4) is 0 Å². The van der Waals surface area contributed by atoms with Gasteiger partial charge in [0.15, 0.2) is 0 Å². The van der Waals surface area contributed by atoms with E-state index in [4.69, 9.17) is 4.42 Å². The maximum Gasteiger partial charge on any atom is 0.254 e. The van der Waals surface area contributed by atoms with E-state index in [0.29, 0.717) is 31.0 Å². The molecule has 0 saturated carbocycles. The third kappa shape index (κ3) is 5.87. The summed E-state index contributed by atoms with van der Waals surface area (Å²) in [5.41, 5.74) is 2.58. The molecule has 0 saturated heterocycles. The smallest absolute Gasteiger partial charge is 0.254 e. The largest absolute Gasteiger partial charge is 0.467 e. The fraction of sp³-hybridized carbons (Fsp3) is 0.360. The molecule has 0 fully saturated rings. The maximum atomic E-state index is 13.4. The first kappa shape index (κ1) is 22.4. The summed E-state index contributed by atoms with van der Waals surface area (Å²) in [7, 11) is 1.96. The van der Waals surface area contributed by atoms with Crippen molar-refractivity contribution in [2.75, 3.05) is 13.1 Å². The molecule has 0 unspecified atom stereocenters. The number of nitrogens with zero attached hydrogens (tertiary/aromatic N) is 3. The van der Waals surface area contributed by atoms with Gasteiger partial charge in [-0.15, -0.1) is 0 Å². The van der Waals surface area contributed by atoms with E-state index in [1.54, 1.807) is 16.1 Å². The fourth-order valence-electron chi connectivity index (χ4n) is 3.53. The van der Waals surface area contributed by atoms with Gasteiger partial charge in [-0.2, -0.15) is 0 Å². The average Bonchev–Trinajstić information content (AvgIpc) is 3.42. The molecule has 0 bridgehead atoms.